The largest absolute Gasteiger partial charge is 0.379 e. The van der Waals surface area contributed by atoms with Gasteiger partial charge in [-0.15, -0.1) is 0 Å². The molecule has 2 heterocycles. The van der Waals surface area contributed by atoms with Crippen molar-refractivity contribution in [3.63, 3.8) is 0 Å². The Morgan fingerprint density at radius 1 is 1.32 bits per heavy atom. The highest BCUT2D eigenvalue weighted by Crippen LogP contribution is 2.30. The monoisotopic (exact) mass is 300 g/mol. The first-order valence-corrected chi connectivity index (χ1v) is 7.32. The molecule has 1 aliphatic rings. The molecule has 0 saturated carbocycles. The molecule has 1 aromatic carbocycles. The normalized spacial score (nSPS) is 14.1. The maximum atomic E-state index is 12.0. The topological polar surface area (TPSA) is 59.4 Å². The minimum Gasteiger partial charge on any atom is -0.379 e. The Kier molecular flexibility index (Phi) is 4.11. The SMILES string of the molecule is COCN1C(=O)CCc2cc(NCc3ccnn3C)ccc21. The summed E-state index contributed by atoms with van der Waals surface area (Å²) < 4.78 is 6.98. The smallest absolute Gasteiger partial charge is 0.229 e. The van der Waals surface area contributed by atoms with Crippen molar-refractivity contribution in [2.24, 2.45) is 7.05 Å². The Hall–Kier alpha value is -2.34. The Balaban J connectivity index is 1.76. The number of carbonyl (C=O) groups is 1. The first kappa shape index (κ1) is 14.6. The van der Waals surface area contributed by atoms with E-state index < -0.39 is 0 Å². The van der Waals surface area contributed by atoms with Gasteiger partial charge in [-0.2, -0.15) is 5.10 Å². The summed E-state index contributed by atoms with van der Waals surface area (Å²) in [5, 5.41) is 7.56. The second-order valence-corrected chi connectivity index (χ2v) is 5.38. The van der Waals surface area contributed by atoms with Crippen LogP contribution in [0.4, 0.5) is 11.4 Å². The van der Waals surface area contributed by atoms with Crippen LogP contribution in [-0.4, -0.2) is 29.5 Å². The molecule has 0 spiro atoms. The van der Waals surface area contributed by atoms with Gasteiger partial charge < -0.3 is 10.1 Å². The van der Waals surface area contributed by atoms with Crippen LogP contribution >= 0.6 is 0 Å². The molecule has 0 saturated heterocycles. The molecule has 2 aromatic rings. The summed E-state index contributed by atoms with van der Waals surface area (Å²) in [6.45, 7) is 1.02. The number of hydrogen-bond donors (Lipinski definition) is 1. The predicted octanol–water partition coefficient (Wildman–Crippen LogP) is 1.92. The van der Waals surface area contributed by atoms with E-state index >= 15 is 0 Å². The first-order valence-electron chi connectivity index (χ1n) is 7.32. The van der Waals surface area contributed by atoms with Gasteiger partial charge in [0.25, 0.3) is 0 Å². The van der Waals surface area contributed by atoms with Crippen LogP contribution in [0.25, 0.3) is 0 Å². The van der Waals surface area contributed by atoms with Crippen LogP contribution in [0, 0.1) is 0 Å². The van der Waals surface area contributed by atoms with Gasteiger partial charge in [-0.1, -0.05) is 0 Å². The van der Waals surface area contributed by atoms with Crippen molar-refractivity contribution in [2.75, 3.05) is 24.1 Å². The molecular formula is C16H20N4O2. The Morgan fingerprint density at radius 2 is 2.18 bits per heavy atom. The third kappa shape index (κ3) is 2.82. The van der Waals surface area contributed by atoms with E-state index in [2.05, 4.69) is 16.5 Å². The lowest BCUT2D eigenvalue weighted by Crippen LogP contribution is -2.36. The summed E-state index contributed by atoms with van der Waals surface area (Å²) in [7, 11) is 3.53. The number of aryl methyl sites for hydroxylation is 2. The minimum atomic E-state index is 0.116. The number of hydrogen-bond acceptors (Lipinski definition) is 4. The van der Waals surface area contributed by atoms with Crippen molar-refractivity contribution in [3.05, 3.63) is 41.7 Å². The molecule has 22 heavy (non-hydrogen) atoms. The fourth-order valence-corrected chi connectivity index (χ4v) is 2.71. The molecular weight excluding hydrogens is 280 g/mol. The highest BCUT2D eigenvalue weighted by Gasteiger charge is 2.23. The summed E-state index contributed by atoms with van der Waals surface area (Å²) in [6.07, 6.45) is 3.09. The summed E-state index contributed by atoms with van der Waals surface area (Å²) in [5.74, 6) is 0.116. The number of amides is 1. The molecule has 0 aliphatic carbocycles. The van der Waals surface area contributed by atoms with Crippen molar-refractivity contribution in [1.29, 1.82) is 0 Å². The third-order valence-electron chi connectivity index (χ3n) is 3.93. The molecule has 6 heteroatoms. The van der Waals surface area contributed by atoms with Gasteiger partial charge >= 0.3 is 0 Å². The van der Waals surface area contributed by atoms with Crippen LogP contribution in [0.5, 0.6) is 0 Å². The molecule has 0 radical (unpaired) electrons. The Labute approximate surface area is 129 Å². The number of rotatable bonds is 5. The zero-order valence-corrected chi connectivity index (χ0v) is 12.9. The van der Waals surface area contributed by atoms with Crippen LogP contribution < -0.4 is 10.2 Å². The number of aromatic nitrogens is 2. The molecule has 1 amide bonds. The summed E-state index contributed by atoms with van der Waals surface area (Å²) in [4.78, 5) is 13.7. The molecule has 0 unspecified atom stereocenters. The van der Waals surface area contributed by atoms with E-state index in [1.54, 1.807) is 18.2 Å². The lowest BCUT2D eigenvalue weighted by molar-refractivity contribution is -0.119. The zero-order valence-electron chi connectivity index (χ0n) is 12.9. The van der Waals surface area contributed by atoms with Crippen LogP contribution in [0.2, 0.25) is 0 Å². The minimum absolute atomic E-state index is 0.116. The number of benzene rings is 1. The first-order chi connectivity index (χ1) is 10.7. The van der Waals surface area contributed by atoms with E-state index in [1.165, 1.54) is 5.56 Å². The number of anilines is 2. The van der Waals surface area contributed by atoms with Crippen molar-refractivity contribution in [1.82, 2.24) is 9.78 Å². The molecule has 0 atom stereocenters. The second kappa shape index (κ2) is 6.19. The second-order valence-electron chi connectivity index (χ2n) is 5.38. The van der Waals surface area contributed by atoms with Gasteiger partial charge in [0.2, 0.25) is 5.91 Å². The standard InChI is InChI=1S/C16H20N4O2/c1-19-14(7-8-18-19)10-17-13-4-5-15-12(9-13)3-6-16(21)20(15)11-22-2/h4-5,7-9,17H,3,6,10-11H2,1-2H3. The molecule has 6 nitrogen and oxygen atoms in total. The van der Waals surface area contributed by atoms with Gasteiger partial charge in [0.15, 0.2) is 0 Å². The highest BCUT2D eigenvalue weighted by molar-refractivity contribution is 5.96. The molecule has 1 aromatic heterocycles. The van der Waals surface area contributed by atoms with Crippen LogP contribution in [0.3, 0.4) is 0 Å². The Bertz CT molecular complexity index is 681. The van der Waals surface area contributed by atoms with Crippen molar-refractivity contribution in [2.45, 2.75) is 19.4 Å². The van der Waals surface area contributed by atoms with Gasteiger partial charge in [-0.05, 0) is 36.2 Å². The van der Waals surface area contributed by atoms with Crippen molar-refractivity contribution >= 4 is 17.3 Å². The van der Waals surface area contributed by atoms with E-state index in [-0.39, 0.29) is 5.91 Å². The maximum absolute atomic E-state index is 12.0. The van der Waals surface area contributed by atoms with E-state index in [9.17, 15) is 4.79 Å². The van der Waals surface area contributed by atoms with Crippen LogP contribution in [0.1, 0.15) is 17.7 Å². The predicted molar refractivity (Wildman–Crippen MR) is 84.7 cm³/mol. The van der Waals surface area contributed by atoms with E-state index in [4.69, 9.17) is 4.74 Å². The third-order valence-corrected chi connectivity index (χ3v) is 3.93. The van der Waals surface area contributed by atoms with Gasteiger partial charge in [-0.25, -0.2) is 0 Å². The van der Waals surface area contributed by atoms with E-state index in [0.29, 0.717) is 13.2 Å². The van der Waals surface area contributed by atoms with Gasteiger partial charge in [0, 0.05) is 38.1 Å². The molecule has 0 fully saturated rings. The molecule has 3 rings (SSSR count). The maximum Gasteiger partial charge on any atom is 0.229 e. The number of fused-ring (bicyclic) bond motifs is 1. The number of methoxy groups -OCH3 is 1. The number of ether oxygens (including phenoxy) is 1. The van der Waals surface area contributed by atoms with Crippen LogP contribution in [-0.2, 0) is 29.5 Å². The fourth-order valence-electron chi connectivity index (χ4n) is 2.71. The van der Waals surface area contributed by atoms with Crippen molar-refractivity contribution < 1.29 is 9.53 Å². The average Bonchev–Trinajstić information content (AvgIpc) is 2.93. The van der Waals surface area contributed by atoms with Gasteiger partial charge in [0.05, 0.1) is 12.2 Å². The lowest BCUT2D eigenvalue weighted by Gasteiger charge is -2.29. The van der Waals surface area contributed by atoms with E-state index in [1.807, 2.05) is 29.9 Å². The molecule has 1 aliphatic heterocycles. The Morgan fingerprint density at radius 3 is 2.91 bits per heavy atom. The number of nitrogens with zero attached hydrogens (tertiary/aromatic N) is 3. The number of carbonyl (C=O) groups excluding carboxylic acids is 1. The number of nitrogens with one attached hydrogen (secondary N) is 1. The summed E-state index contributed by atoms with van der Waals surface area (Å²) in [6, 6.07) is 8.08. The molecule has 116 valence electrons. The van der Waals surface area contributed by atoms with Gasteiger partial charge in [-0.3, -0.25) is 14.4 Å². The lowest BCUT2D eigenvalue weighted by atomic mass is 10.0. The average molecular weight is 300 g/mol. The summed E-state index contributed by atoms with van der Waals surface area (Å²) in [5.41, 5.74) is 4.29. The fraction of sp³-hybridized carbons (Fsp3) is 0.375. The molecule has 0 bridgehead atoms. The summed E-state index contributed by atoms with van der Waals surface area (Å²) >= 11 is 0. The van der Waals surface area contributed by atoms with E-state index in [0.717, 1.165) is 30.0 Å². The van der Waals surface area contributed by atoms with Crippen LogP contribution in [0.15, 0.2) is 30.5 Å². The van der Waals surface area contributed by atoms with Crippen molar-refractivity contribution in [3.8, 4) is 0 Å². The quantitative estimate of drug-likeness (QED) is 0.916. The zero-order chi connectivity index (χ0) is 15.5. The highest BCUT2D eigenvalue weighted by atomic mass is 16.5. The molecule has 1 N–H and O–H groups in total. The van der Waals surface area contributed by atoms with Gasteiger partial charge in [0.1, 0.15) is 6.73 Å².